The highest BCUT2D eigenvalue weighted by Gasteiger charge is 2.19. The molecular weight excluding hydrogens is 384 g/mol. The van der Waals surface area contributed by atoms with Crippen LogP contribution < -0.4 is 25.5 Å². The highest BCUT2D eigenvalue weighted by molar-refractivity contribution is 5.80. The fourth-order valence-corrected chi connectivity index (χ4v) is 3.07. The van der Waals surface area contributed by atoms with Gasteiger partial charge in [-0.3, -0.25) is 4.79 Å². The van der Waals surface area contributed by atoms with Gasteiger partial charge in [-0.1, -0.05) is 18.2 Å². The van der Waals surface area contributed by atoms with Gasteiger partial charge in [0.15, 0.2) is 11.5 Å². The van der Waals surface area contributed by atoms with Crippen molar-refractivity contribution in [1.29, 1.82) is 10.5 Å². The van der Waals surface area contributed by atoms with Gasteiger partial charge in [0, 0.05) is 11.1 Å². The summed E-state index contributed by atoms with van der Waals surface area (Å²) in [4.78, 5) is 14.5. The predicted octanol–water partition coefficient (Wildman–Crippen LogP) is 2.96. The first-order chi connectivity index (χ1) is 14.5. The molecule has 0 radical (unpaired) electrons. The zero-order valence-electron chi connectivity index (χ0n) is 16.4. The zero-order chi connectivity index (χ0) is 21.7. The molecule has 0 bridgehead atoms. The van der Waals surface area contributed by atoms with Crippen LogP contribution in [0.2, 0.25) is 0 Å². The molecular formula is C22H18N4O4. The molecule has 0 aliphatic carbocycles. The van der Waals surface area contributed by atoms with E-state index in [1.165, 1.54) is 7.11 Å². The normalized spacial score (nSPS) is 10.0. The predicted molar refractivity (Wildman–Crippen MR) is 110 cm³/mol. The number of aromatic amines is 1. The van der Waals surface area contributed by atoms with Gasteiger partial charge in [0.1, 0.15) is 41.4 Å². The van der Waals surface area contributed by atoms with Crippen LogP contribution in [0, 0.1) is 22.7 Å². The first-order valence-corrected chi connectivity index (χ1v) is 8.83. The molecule has 3 N–H and O–H groups in total. The van der Waals surface area contributed by atoms with Crippen molar-refractivity contribution in [3.8, 4) is 40.5 Å². The van der Waals surface area contributed by atoms with E-state index in [1.54, 1.807) is 37.4 Å². The lowest BCUT2D eigenvalue weighted by atomic mass is 9.95. The van der Waals surface area contributed by atoms with Gasteiger partial charge in [0.2, 0.25) is 0 Å². The summed E-state index contributed by atoms with van der Waals surface area (Å²) in [6.07, 6.45) is 0. The van der Waals surface area contributed by atoms with Crippen LogP contribution in [0.3, 0.4) is 0 Å². The third-order valence-electron chi connectivity index (χ3n) is 4.49. The molecule has 0 aliphatic rings. The third kappa shape index (κ3) is 3.75. The van der Waals surface area contributed by atoms with Crippen LogP contribution in [0.5, 0.6) is 17.2 Å². The first-order valence-electron chi connectivity index (χ1n) is 8.83. The van der Waals surface area contributed by atoms with E-state index in [1.807, 2.05) is 24.3 Å². The van der Waals surface area contributed by atoms with Gasteiger partial charge < -0.3 is 24.9 Å². The number of nitriles is 2. The largest absolute Gasteiger partial charge is 0.496 e. The SMILES string of the molecule is COc1ccc(-c2c(C#N)c(N)[nH]c(=O)c2C#N)cc1COc1ccccc1OC. The quantitative estimate of drug-likeness (QED) is 0.647. The Balaban J connectivity index is 2.10. The van der Waals surface area contributed by atoms with E-state index in [0.717, 1.165) is 0 Å². The summed E-state index contributed by atoms with van der Waals surface area (Å²) >= 11 is 0. The van der Waals surface area contributed by atoms with Gasteiger partial charge in [-0.05, 0) is 29.8 Å². The van der Waals surface area contributed by atoms with Gasteiger partial charge in [-0.25, -0.2) is 0 Å². The fraction of sp³-hybridized carbons (Fsp3) is 0.136. The second kappa shape index (κ2) is 8.72. The number of methoxy groups -OCH3 is 2. The number of rotatable bonds is 6. The summed E-state index contributed by atoms with van der Waals surface area (Å²) in [6, 6.07) is 16.0. The monoisotopic (exact) mass is 402 g/mol. The summed E-state index contributed by atoms with van der Waals surface area (Å²) < 4.78 is 16.6. The number of nitrogens with zero attached hydrogens (tertiary/aromatic N) is 2. The number of hydrogen-bond acceptors (Lipinski definition) is 7. The van der Waals surface area contributed by atoms with Crippen LogP contribution in [-0.4, -0.2) is 19.2 Å². The van der Waals surface area contributed by atoms with Crippen LogP contribution >= 0.6 is 0 Å². The number of pyridine rings is 1. The molecule has 0 aliphatic heterocycles. The maximum Gasteiger partial charge on any atom is 0.268 e. The minimum absolute atomic E-state index is 0.0212. The summed E-state index contributed by atoms with van der Waals surface area (Å²) in [5.74, 6) is 1.57. The van der Waals surface area contributed by atoms with Gasteiger partial charge in [0.05, 0.1) is 14.2 Å². The molecule has 150 valence electrons. The molecule has 0 saturated carbocycles. The van der Waals surface area contributed by atoms with E-state index >= 15 is 0 Å². The van der Waals surface area contributed by atoms with Crippen molar-refractivity contribution in [2.75, 3.05) is 20.0 Å². The van der Waals surface area contributed by atoms with Gasteiger partial charge in [-0.15, -0.1) is 0 Å². The van der Waals surface area contributed by atoms with E-state index in [-0.39, 0.29) is 29.1 Å². The smallest absolute Gasteiger partial charge is 0.268 e. The Kier molecular flexibility index (Phi) is 5.90. The Morgan fingerprint density at radius 2 is 1.63 bits per heavy atom. The second-order valence-electron chi connectivity index (χ2n) is 6.18. The average molecular weight is 402 g/mol. The number of nitrogens with two attached hydrogens (primary N) is 1. The van der Waals surface area contributed by atoms with Gasteiger partial charge in [-0.2, -0.15) is 10.5 Å². The number of nitrogens with one attached hydrogen (secondary N) is 1. The molecule has 8 heteroatoms. The van der Waals surface area contributed by atoms with E-state index in [4.69, 9.17) is 19.9 Å². The lowest BCUT2D eigenvalue weighted by Crippen LogP contribution is -2.16. The molecule has 0 spiro atoms. The molecule has 0 fully saturated rings. The molecule has 0 amide bonds. The lowest BCUT2D eigenvalue weighted by Gasteiger charge is -2.15. The minimum atomic E-state index is -0.661. The number of H-pyrrole nitrogens is 1. The fourth-order valence-electron chi connectivity index (χ4n) is 3.07. The summed E-state index contributed by atoms with van der Waals surface area (Å²) in [7, 11) is 3.07. The van der Waals surface area contributed by atoms with E-state index in [9.17, 15) is 15.3 Å². The average Bonchev–Trinajstić information content (AvgIpc) is 2.77. The first kappa shape index (κ1) is 20.3. The van der Waals surface area contributed by atoms with E-state index in [2.05, 4.69) is 4.98 Å². The van der Waals surface area contributed by atoms with Crippen molar-refractivity contribution >= 4 is 5.82 Å². The molecule has 3 aromatic rings. The molecule has 2 aromatic carbocycles. The van der Waals surface area contributed by atoms with Crippen LogP contribution in [0.25, 0.3) is 11.1 Å². The Morgan fingerprint density at radius 3 is 2.27 bits per heavy atom. The van der Waals surface area contributed by atoms with Crippen LogP contribution in [0.15, 0.2) is 47.3 Å². The number of para-hydroxylation sites is 2. The molecule has 8 nitrogen and oxygen atoms in total. The van der Waals surface area contributed by atoms with E-state index < -0.39 is 5.56 Å². The van der Waals surface area contributed by atoms with Crippen LogP contribution in [0.1, 0.15) is 16.7 Å². The van der Waals surface area contributed by atoms with Crippen LogP contribution in [-0.2, 0) is 6.61 Å². The molecule has 0 unspecified atom stereocenters. The summed E-state index contributed by atoms with van der Waals surface area (Å²) in [6.45, 7) is 0.125. The number of anilines is 1. The Morgan fingerprint density at radius 1 is 0.967 bits per heavy atom. The lowest BCUT2D eigenvalue weighted by molar-refractivity contribution is 0.278. The zero-order valence-corrected chi connectivity index (χ0v) is 16.4. The molecule has 30 heavy (non-hydrogen) atoms. The minimum Gasteiger partial charge on any atom is -0.496 e. The molecule has 0 saturated heterocycles. The summed E-state index contributed by atoms with van der Waals surface area (Å²) in [5.41, 5.74) is 6.26. The maximum absolute atomic E-state index is 12.2. The molecule has 0 atom stereocenters. The highest BCUT2D eigenvalue weighted by atomic mass is 16.5. The molecule has 3 rings (SSSR count). The van der Waals surface area contributed by atoms with Crippen molar-refractivity contribution in [2.45, 2.75) is 6.61 Å². The number of aromatic nitrogens is 1. The third-order valence-corrected chi connectivity index (χ3v) is 4.49. The molecule has 1 heterocycles. The second-order valence-corrected chi connectivity index (χ2v) is 6.18. The standard InChI is InChI=1S/C22H18N4O4/c1-28-17-8-7-13(20-15(10-23)21(25)26-22(27)16(20)11-24)9-14(17)12-30-19-6-4-3-5-18(19)29-2/h3-9H,12H2,1-2H3,(H3,25,26,27). The number of hydrogen-bond donors (Lipinski definition) is 2. The van der Waals surface area contributed by atoms with Crippen molar-refractivity contribution in [2.24, 2.45) is 0 Å². The van der Waals surface area contributed by atoms with Gasteiger partial charge >= 0.3 is 0 Å². The topological polar surface area (TPSA) is 134 Å². The maximum atomic E-state index is 12.2. The number of benzene rings is 2. The number of nitrogen functional groups attached to an aromatic ring is 1. The summed E-state index contributed by atoms with van der Waals surface area (Å²) in [5, 5.41) is 19.0. The van der Waals surface area contributed by atoms with E-state index in [0.29, 0.717) is 28.4 Å². The molecule has 1 aromatic heterocycles. The highest BCUT2D eigenvalue weighted by Crippen LogP contribution is 2.33. The van der Waals surface area contributed by atoms with Gasteiger partial charge in [0.25, 0.3) is 5.56 Å². The Hall–Kier alpha value is -4.43. The van der Waals surface area contributed by atoms with Crippen molar-refractivity contribution in [3.63, 3.8) is 0 Å². The van der Waals surface area contributed by atoms with Crippen molar-refractivity contribution in [3.05, 3.63) is 69.5 Å². The number of ether oxygens (including phenoxy) is 3. The Labute approximate surface area is 172 Å². The van der Waals surface area contributed by atoms with Crippen LogP contribution in [0.4, 0.5) is 5.82 Å². The van der Waals surface area contributed by atoms with Crippen molar-refractivity contribution < 1.29 is 14.2 Å². The van der Waals surface area contributed by atoms with Crippen molar-refractivity contribution in [1.82, 2.24) is 4.98 Å². The Bertz CT molecular complexity index is 1240.